The van der Waals surface area contributed by atoms with Gasteiger partial charge in [-0.1, -0.05) is 25.6 Å². The maximum atomic E-state index is 12.7. The van der Waals surface area contributed by atoms with Gasteiger partial charge in [0.2, 0.25) is 11.8 Å². The molecule has 3 unspecified atom stereocenters. The van der Waals surface area contributed by atoms with Crippen molar-refractivity contribution in [2.45, 2.75) is 82.7 Å². The summed E-state index contributed by atoms with van der Waals surface area (Å²) in [5.41, 5.74) is 9.64. The van der Waals surface area contributed by atoms with Gasteiger partial charge in [-0.05, 0) is 25.8 Å². The Balaban J connectivity index is 1.45. The molecule has 8 atom stereocenters. The van der Waals surface area contributed by atoms with Crippen LogP contribution < -0.4 is 22.1 Å². The number of ether oxygens (including phenoxy) is 1. The number of phosphoric acid groups is 3. The second-order valence-corrected chi connectivity index (χ2v) is 18.8. The van der Waals surface area contributed by atoms with E-state index >= 15 is 0 Å². The Morgan fingerprint density at radius 2 is 1.72 bits per heavy atom. The van der Waals surface area contributed by atoms with E-state index in [0.717, 1.165) is 35.4 Å². The fourth-order valence-electron chi connectivity index (χ4n) is 5.17. The average molecular weight is 911 g/mol. The number of nitrogen functional groups attached to an aromatic ring is 1. The molecule has 2 amide bonds. The van der Waals surface area contributed by atoms with Gasteiger partial charge in [0.25, 0.3) is 0 Å². The summed E-state index contributed by atoms with van der Waals surface area (Å²) in [4.78, 5) is 87.6. The number of amides is 2. The maximum Gasteiger partial charge on any atom is 0.481 e. The van der Waals surface area contributed by atoms with Gasteiger partial charge in [0, 0.05) is 37.1 Å². The lowest BCUT2D eigenvalue weighted by Crippen LogP contribution is -2.46. The summed E-state index contributed by atoms with van der Waals surface area (Å²) >= 11 is 0.953. The van der Waals surface area contributed by atoms with Crippen LogP contribution in [-0.2, 0) is 50.7 Å². The smallest absolute Gasteiger partial charge is 0.393 e. The third-order valence-electron chi connectivity index (χ3n) is 8.16. The van der Waals surface area contributed by atoms with E-state index in [1.807, 2.05) is 0 Å². The maximum absolute atomic E-state index is 12.7. The molecule has 1 aliphatic rings. The summed E-state index contributed by atoms with van der Waals surface area (Å²) in [7, 11) is -16.4. The van der Waals surface area contributed by atoms with Crippen molar-refractivity contribution in [1.29, 1.82) is 0 Å². The van der Waals surface area contributed by atoms with Gasteiger partial charge in [0.05, 0.1) is 25.6 Å². The minimum absolute atomic E-state index is 0.0227. The lowest BCUT2D eigenvalue weighted by Gasteiger charge is -2.30. The van der Waals surface area contributed by atoms with Crippen LogP contribution in [0.3, 0.4) is 0 Å². The molecule has 1 saturated heterocycles. The van der Waals surface area contributed by atoms with Crippen molar-refractivity contribution in [3.8, 4) is 0 Å². The Bertz CT molecular complexity index is 1850. The zero-order chi connectivity index (χ0) is 43.5. The van der Waals surface area contributed by atoms with Gasteiger partial charge in [-0.2, -0.15) is 4.31 Å². The molecule has 0 aliphatic carbocycles. The van der Waals surface area contributed by atoms with Crippen LogP contribution in [0.1, 0.15) is 52.2 Å². The highest BCUT2D eigenvalue weighted by Gasteiger charge is 2.50. The first-order valence-electron chi connectivity index (χ1n) is 17.4. The van der Waals surface area contributed by atoms with Crippen LogP contribution in [0.15, 0.2) is 12.7 Å². The fraction of sp³-hybridized carbons (Fsp3) is 0.714. The highest BCUT2D eigenvalue weighted by atomic mass is 32.2. The third-order valence-corrected chi connectivity index (χ3v) is 12.2. The number of aliphatic hydroxyl groups excluding tert-OH is 3. The number of carbonyl (C=O) groups excluding carboxylic acids is 3. The number of imidazole rings is 1. The zero-order valence-corrected chi connectivity index (χ0v) is 34.7. The van der Waals surface area contributed by atoms with Gasteiger partial charge in [0.1, 0.15) is 36.3 Å². The zero-order valence-electron chi connectivity index (χ0n) is 31.2. The Labute approximate surface area is 335 Å². The van der Waals surface area contributed by atoms with Gasteiger partial charge < -0.3 is 61.7 Å². The van der Waals surface area contributed by atoms with Gasteiger partial charge in [0.15, 0.2) is 22.8 Å². The number of hydrogen-bond donors (Lipinski definition) is 11. The number of nitrogens with two attached hydrogens (primary N) is 2. The number of carbonyl (C=O) groups is 3. The molecule has 30 heteroatoms. The highest BCUT2D eigenvalue weighted by molar-refractivity contribution is 8.13. The summed E-state index contributed by atoms with van der Waals surface area (Å²) in [6, 6.07) is 0. The van der Waals surface area contributed by atoms with E-state index in [4.69, 9.17) is 25.3 Å². The summed E-state index contributed by atoms with van der Waals surface area (Å²) in [5.74, 6) is -1.27. The molecule has 3 heterocycles. The first kappa shape index (κ1) is 49.8. The number of aliphatic hydroxyl groups is 3. The fourth-order valence-corrected chi connectivity index (χ4v) is 8.74. The predicted molar refractivity (Wildman–Crippen MR) is 201 cm³/mol. The third kappa shape index (κ3) is 15.8. The minimum atomic E-state index is -5.58. The lowest BCUT2D eigenvalue weighted by molar-refractivity contribution is -0.137. The van der Waals surface area contributed by atoms with E-state index in [0.29, 0.717) is 19.4 Å². The number of rotatable bonds is 25. The second kappa shape index (κ2) is 21.8. The first-order chi connectivity index (χ1) is 26.9. The summed E-state index contributed by atoms with van der Waals surface area (Å²) < 4.78 is 62.1. The number of aromatic nitrogens is 4. The molecule has 0 bridgehead atoms. The number of hydrogen-bond acceptors (Lipinski definition) is 20. The van der Waals surface area contributed by atoms with E-state index in [9.17, 15) is 63.0 Å². The van der Waals surface area contributed by atoms with Crippen LogP contribution in [0.5, 0.6) is 0 Å². The molecule has 0 spiro atoms. The van der Waals surface area contributed by atoms with Crippen molar-refractivity contribution in [3.63, 3.8) is 0 Å². The predicted octanol–water partition coefficient (Wildman–Crippen LogP) is -1.46. The number of fused-ring (bicyclic) bond motifs is 1. The topological polar surface area (TPSA) is 410 Å². The van der Waals surface area contributed by atoms with Crippen molar-refractivity contribution in [1.82, 2.24) is 30.2 Å². The molecule has 0 radical (unpaired) electrons. The molecule has 330 valence electrons. The van der Waals surface area contributed by atoms with Crippen LogP contribution in [0.4, 0.5) is 5.82 Å². The summed E-state index contributed by atoms with van der Waals surface area (Å²) in [6.07, 6.45) is -5.88. The number of phosphoric ester groups is 3. The molecule has 0 saturated carbocycles. The molecule has 1 aliphatic heterocycles. The number of anilines is 1. The second-order valence-electron chi connectivity index (χ2n) is 13.4. The van der Waals surface area contributed by atoms with E-state index in [2.05, 4.69) is 34.4 Å². The van der Waals surface area contributed by atoms with Crippen LogP contribution in [0, 0.1) is 5.41 Å². The highest BCUT2D eigenvalue weighted by Crippen LogP contribution is 2.61. The van der Waals surface area contributed by atoms with Crippen LogP contribution >= 0.6 is 35.2 Å². The largest absolute Gasteiger partial charge is 0.481 e. The molecule has 1 fully saturated rings. The Hall–Kier alpha value is -2.52. The molecule has 13 N–H and O–H groups in total. The van der Waals surface area contributed by atoms with Crippen molar-refractivity contribution < 1.29 is 85.6 Å². The van der Waals surface area contributed by atoms with Gasteiger partial charge in [-0.15, -0.1) is 0 Å². The normalized spacial score (nSPS) is 21.9. The van der Waals surface area contributed by atoms with Crippen molar-refractivity contribution in [2.24, 2.45) is 11.1 Å². The molecule has 0 aromatic carbocycles. The standard InChI is InChI=1S/C28H49N8O18P3S/c1-28(2,23(41)26(42)32-8-6-18(38)31-9-10-58-19(39)11-16(37)5-3-4-7-29)13-51-57(48,49)54-56(46,47)50-12-17-22(53-55(43,44)45)21(40)27(52-17)36-15-35-20-24(30)33-14-34-25(20)36/h14-17,21-23,27,37,40-41H,3-13,29H2,1-2H3,(H,31,38)(H,32,42)(H,46,47)(H,48,49)(H2,30,33,34)(H2,43,44,45)/t16?,17-,21-,22-,23+,27-/m1/s1. The van der Waals surface area contributed by atoms with Crippen molar-refractivity contribution in [3.05, 3.63) is 12.7 Å². The van der Waals surface area contributed by atoms with Gasteiger partial charge >= 0.3 is 23.5 Å². The quantitative estimate of drug-likeness (QED) is 0.0401. The van der Waals surface area contributed by atoms with Crippen LogP contribution in [0.25, 0.3) is 11.2 Å². The Morgan fingerprint density at radius 3 is 2.40 bits per heavy atom. The Kier molecular flexibility index (Phi) is 18.8. The molecule has 58 heavy (non-hydrogen) atoms. The lowest BCUT2D eigenvalue weighted by atomic mass is 9.87. The number of thioether (sulfide) groups is 1. The molecule has 2 aromatic heterocycles. The molecule has 3 rings (SSSR count). The van der Waals surface area contributed by atoms with Gasteiger partial charge in [-0.3, -0.25) is 32.5 Å². The SMILES string of the molecule is CC(C)(COP(=O)(O)OP(=O)(O)OC[C@H]1O[C@@H](n2cnc3c(N)ncnc32)[C@H](O)[C@@H]1OP(=O)(O)O)[C@@H](O)C(=O)NCCC(=O)NCCSC(=O)CC(O)CCCCN. The van der Waals surface area contributed by atoms with Crippen molar-refractivity contribution >= 4 is 69.1 Å². The van der Waals surface area contributed by atoms with E-state index in [1.165, 1.54) is 13.8 Å². The Morgan fingerprint density at radius 1 is 1.03 bits per heavy atom. The molecule has 26 nitrogen and oxygen atoms in total. The summed E-state index contributed by atoms with van der Waals surface area (Å²) in [5, 5.41) is 36.0. The number of nitrogens with one attached hydrogen (secondary N) is 2. The van der Waals surface area contributed by atoms with Crippen molar-refractivity contribution in [2.75, 3.05) is 44.3 Å². The monoisotopic (exact) mass is 910 g/mol. The number of nitrogens with zero attached hydrogens (tertiary/aromatic N) is 4. The average Bonchev–Trinajstić information content (AvgIpc) is 3.68. The van der Waals surface area contributed by atoms with E-state index < -0.39 is 90.7 Å². The molecule has 2 aromatic rings. The molecular formula is C28H49N8O18P3S. The minimum Gasteiger partial charge on any atom is -0.393 e. The first-order valence-corrected chi connectivity index (χ1v) is 22.9. The van der Waals surface area contributed by atoms with Crippen LogP contribution in [0.2, 0.25) is 0 Å². The molecular weight excluding hydrogens is 861 g/mol. The van der Waals surface area contributed by atoms with Gasteiger partial charge in [-0.25, -0.2) is 28.6 Å². The van der Waals surface area contributed by atoms with Crippen LogP contribution in [-0.4, -0.2) is 140 Å². The summed E-state index contributed by atoms with van der Waals surface area (Å²) in [6.45, 7) is 0.840. The number of unbranched alkanes of at least 4 members (excludes halogenated alkanes) is 1. The van der Waals surface area contributed by atoms with E-state index in [-0.39, 0.29) is 53.8 Å². The van der Waals surface area contributed by atoms with E-state index in [1.54, 1.807) is 0 Å².